The zero-order chi connectivity index (χ0) is 20.8. The minimum atomic E-state index is -0.0641. The van der Waals surface area contributed by atoms with Gasteiger partial charge >= 0.3 is 0 Å². The van der Waals surface area contributed by atoms with Crippen LogP contribution in [0.2, 0.25) is 0 Å². The number of amides is 1. The van der Waals surface area contributed by atoms with Crippen molar-refractivity contribution in [3.8, 4) is 5.75 Å². The fraction of sp³-hybridized carbons (Fsp3) is 0.269. The van der Waals surface area contributed by atoms with Crippen molar-refractivity contribution in [1.82, 2.24) is 5.32 Å². The fourth-order valence-corrected chi connectivity index (χ4v) is 3.97. The number of fused-ring (bicyclic) bond motifs is 1. The first-order valence-corrected chi connectivity index (χ1v) is 10.6. The highest BCUT2D eigenvalue weighted by atomic mass is 16.5. The summed E-state index contributed by atoms with van der Waals surface area (Å²) in [5.41, 5.74) is 5.42. The number of hydrogen-bond acceptors (Lipinski definition) is 3. The van der Waals surface area contributed by atoms with Gasteiger partial charge in [0, 0.05) is 18.7 Å². The Morgan fingerprint density at radius 3 is 2.57 bits per heavy atom. The van der Waals surface area contributed by atoms with E-state index >= 15 is 0 Å². The Balaban J connectivity index is 1.53. The normalized spacial score (nSPS) is 15.2. The minimum absolute atomic E-state index is 0.0641. The Hall–Kier alpha value is -3.27. The highest BCUT2D eigenvalue weighted by Gasteiger charge is 2.20. The van der Waals surface area contributed by atoms with Crippen molar-refractivity contribution in [3.05, 3.63) is 95.1 Å². The molecule has 4 rings (SSSR count). The van der Waals surface area contributed by atoms with Crippen LogP contribution in [0.5, 0.6) is 5.75 Å². The van der Waals surface area contributed by atoms with Crippen molar-refractivity contribution < 1.29 is 9.53 Å². The molecule has 2 N–H and O–H groups in total. The van der Waals surface area contributed by atoms with E-state index < -0.39 is 0 Å². The Labute approximate surface area is 178 Å². The first-order chi connectivity index (χ1) is 14.7. The largest absolute Gasteiger partial charge is 0.489 e. The van der Waals surface area contributed by atoms with E-state index in [0.29, 0.717) is 18.7 Å². The summed E-state index contributed by atoms with van der Waals surface area (Å²) in [4.78, 5) is 12.6. The molecule has 1 unspecified atom stereocenters. The second kappa shape index (κ2) is 9.49. The highest BCUT2D eigenvalue weighted by molar-refractivity contribution is 6.00. The number of benzene rings is 3. The molecule has 30 heavy (non-hydrogen) atoms. The number of carbonyl (C=O) groups excluding carboxylic acids is 1. The topological polar surface area (TPSA) is 50.4 Å². The molecular weight excluding hydrogens is 372 g/mol. The standard InChI is InChI=1S/C26H28N2O2/c1-2-27-26(29)24-15-14-23(30-18-19-8-4-3-5-9-19)17-25(24)28-22-13-12-20-10-6-7-11-21(20)16-22/h3-11,14-15,17,22,28H,2,12-13,16,18H2,1H3,(H,27,29). The first-order valence-electron chi connectivity index (χ1n) is 10.6. The lowest BCUT2D eigenvalue weighted by Gasteiger charge is -2.27. The molecule has 0 bridgehead atoms. The van der Waals surface area contributed by atoms with Crippen LogP contribution < -0.4 is 15.4 Å². The van der Waals surface area contributed by atoms with Crippen LogP contribution in [0.25, 0.3) is 0 Å². The predicted molar refractivity (Wildman–Crippen MR) is 121 cm³/mol. The maximum Gasteiger partial charge on any atom is 0.253 e. The summed E-state index contributed by atoms with van der Waals surface area (Å²) in [7, 11) is 0. The highest BCUT2D eigenvalue weighted by Crippen LogP contribution is 2.28. The summed E-state index contributed by atoms with van der Waals surface area (Å²) >= 11 is 0. The average molecular weight is 401 g/mol. The maximum absolute atomic E-state index is 12.6. The summed E-state index contributed by atoms with van der Waals surface area (Å²) in [6.45, 7) is 3.03. The van der Waals surface area contributed by atoms with Crippen molar-refractivity contribution in [2.45, 2.75) is 38.8 Å². The van der Waals surface area contributed by atoms with Crippen LogP contribution in [0, 0.1) is 0 Å². The molecule has 4 heteroatoms. The molecule has 3 aromatic rings. The molecule has 1 amide bonds. The van der Waals surface area contributed by atoms with Crippen LogP contribution in [-0.2, 0) is 19.4 Å². The molecule has 0 aliphatic heterocycles. The number of ether oxygens (including phenoxy) is 1. The third-order valence-corrected chi connectivity index (χ3v) is 5.53. The number of anilines is 1. The van der Waals surface area contributed by atoms with E-state index in [1.165, 1.54) is 11.1 Å². The second-order valence-electron chi connectivity index (χ2n) is 7.69. The zero-order valence-corrected chi connectivity index (χ0v) is 17.4. The van der Waals surface area contributed by atoms with Gasteiger partial charge in [0.1, 0.15) is 12.4 Å². The molecular formula is C26H28N2O2. The van der Waals surface area contributed by atoms with Gasteiger partial charge in [-0.05, 0) is 55.0 Å². The molecule has 0 aromatic heterocycles. The summed E-state index contributed by atoms with van der Waals surface area (Å²) < 4.78 is 6.00. The monoisotopic (exact) mass is 400 g/mol. The van der Waals surface area contributed by atoms with Gasteiger partial charge in [0.25, 0.3) is 5.91 Å². The molecule has 1 atom stereocenters. The molecule has 0 spiro atoms. The number of nitrogens with one attached hydrogen (secondary N) is 2. The lowest BCUT2D eigenvalue weighted by molar-refractivity contribution is 0.0956. The van der Waals surface area contributed by atoms with E-state index in [-0.39, 0.29) is 11.9 Å². The van der Waals surface area contributed by atoms with Gasteiger partial charge < -0.3 is 15.4 Å². The van der Waals surface area contributed by atoms with E-state index in [9.17, 15) is 4.79 Å². The molecule has 154 valence electrons. The Morgan fingerprint density at radius 1 is 1.00 bits per heavy atom. The molecule has 0 saturated carbocycles. The summed E-state index contributed by atoms with van der Waals surface area (Å²) in [6, 6.07) is 24.7. The second-order valence-corrected chi connectivity index (χ2v) is 7.69. The van der Waals surface area contributed by atoms with Crippen molar-refractivity contribution in [3.63, 3.8) is 0 Å². The molecule has 1 aliphatic carbocycles. The molecule has 4 nitrogen and oxygen atoms in total. The van der Waals surface area contributed by atoms with Crippen LogP contribution >= 0.6 is 0 Å². The molecule has 3 aromatic carbocycles. The van der Waals surface area contributed by atoms with Crippen molar-refractivity contribution in [1.29, 1.82) is 0 Å². The van der Waals surface area contributed by atoms with Crippen LogP contribution in [-0.4, -0.2) is 18.5 Å². The molecule has 0 fully saturated rings. The van der Waals surface area contributed by atoms with E-state index in [1.54, 1.807) is 0 Å². The van der Waals surface area contributed by atoms with E-state index in [1.807, 2.05) is 55.5 Å². The third-order valence-electron chi connectivity index (χ3n) is 5.53. The smallest absolute Gasteiger partial charge is 0.253 e. The summed E-state index contributed by atoms with van der Waals surface area (Å²) in [6.07, 6.45) is 3.05. The molecule has 0 saturated heterocycles. The van der Waals surface area contributed by atoms with Gasteiger partial charge in [0.05, 0.1) is 11.3 Å². The Bertz CT molecular complexity index is 1000. The van der Waals surface area contributed by atoms with Crippen molar-refractivity contribution in [2.75, 3.05) is 11.9 Å². The van der Waals surface area contributed by atoms with Gasteiger partial charge in [-0.3, -0.25) is 4.79 Å². The van der Waals surface area contributed by atoms with Gasteiger partial charge in [-0.25, -0.2) is 0 Å². The van der Waals surface area contributed by atoms with Gasteiger partial charge in [-0.2, -0.15) is 0 Å². The van der Waals surface area contributed by atoms with Crippen molar-refractivity contribution >= 4 is 11.6 Å². The molecule has 0 radical (unpaired) electrons. The zero-order valence-electron chi connectivity index (χ0n) is 17.4. The van der Waals surface area contributed by atoms with E-state index in [4.69, 9.17) is 4.74 Å². The van der Waals surface area contributed by atoms with E-state index in [0.717, 1.165) is 36.3 Å². The number of hydrogen-bond donors (Lipinski definition) is 2. The number of carbonyl (C=O) groups is 1. The first kappa shape index (κ1) is 20.0. The fourth-order valence-electron chi connectivity index (χ4n) is 3.97. The Morgan fingerprint density at radius 2 is 1.77 bits per heavy atom. The third kappa shape index (κ3) is 4.82. The van der Waals surface area contributed by atoms with Crippen LogP contribution in [0.1, 0.15) is 40.4 Å². The van der Waals surface area contributed by atoms with E-state index in [2.05, 4.69) is 34.9 Å². The SMILES string of the molecule is CCNC(=O)c1ccc(OCc2ccccc2)cc1NC1CCc2ccccc2C1. The van der Waals surface area contributed by atoms with Crippen LogP contribution in [0.3, 0.4) is 0 Å². The minimum Gasteiger partial charge on any atom is -0.489 e. The van der Waals surface area contributed by atoms with Crippen molar-refractivity contribution in [2.24, 2.45) is 0 Å². The molecule has 1 aliphatic rings. The van der Waals surface area contributed by atoms with Gasteiger partial charge in [-0.1, -0.05) is 54.6 Å². The quantitative estimate of drug-likeness (QED) is 0.588. The van der Waals surface area contributed by atoms with Crippen LogP contribution in [0.4, 0.5) is 5.69 Å². The predicted octanol–water partition coefficient (Wildman–Crippen LogP) is 4.98. The number of aryl methyl sites for hydroxylation is 1. The maximum atomic E-state index is 12.6. The summed E-state index contributed by atoms with van der Waals surface area (Å²) in [5, 5.41) is 6.54. The Kier molecular flexibility index (Phi) is 6.33. The lowest BCUT2D eigenvalue weighted by atomic mass is 9.88. The van der Waals surface area contributed by atoms with Crippen LogP contribution in [0.15, 0.2) is 72.8 Å². The molecule has 0 heterocycles. The lowest BCUT2D eigenvalue weighted by Crippen LogP contribution is -2.30. The summed E-state index contributed by atoms with van der Waals surface area (Å²) in [5.74, 6) is 0.691. The average Bonchev–Trinajstić information content (AvgIpc) is 2.78. The number of rotatable bonds is 7. The van der Waals surface area contributed by atoms with Gasteiger partial charge in [0.15, 0.2) is 0 Å². The van der Waals surface area contributed by atoms with Gasteiger partial charge in [-0.15, -0.1) is 0 Å². The van der Waals surface area contributed by atoms with Gasteiger partial charge in [0.2, 0.25) is 0 Å².